The summed E-state index contributed by atoms with van der Waals surface area (Å²) in [5.74, 6) is 0.546. The van der Waals surface area contributed by atoms with E-state index < -0.39 is 10.0 Å². The van der Waals surface area contributed by atoms with Crippen molar-refractivity contribution in [1.29, 1.82) is 0 Å². The monoisotopic (exact) mass is 370 g/mol. The van der Waals surface area contributed by atoms with E-state index in [1.807, 2.05) is 0 Å². The van der Waals surface area contributed by atoms with E-state index in [2.05, 4.69) is 20.7 Å². The minimum absolute atomic E-state index is 0.193. The third kappa shape index (κ3) is 3.48. The Balaban J connectivity index is 2.37. The molecular weight excluding hydrogens is 356 g/mol. The second-order valence-corrected chi connectivity index (χ2v) is 6.98. The number of rotatable bonds is 4. The number of hydrogen-bond acceptors (Lipinski definition) is 4. The summed E-state index contributed by atoms with van der Waals surface area (Å²) in [4.78, 5) is 0.193. The fourth-order valence-electron chi connectivity index (χ4n) is 1.91. The molecule has 0 fully saturated rings. The van der Waals surface area contributed by atoms with Crippen LogP contribution in [0.2, 0.25) is 0 Å². The average molecular weight is 371 g/mol. The molecule has 112 valence electrons. The average Bonchev–Trinajstić information content (AvgIpc) is 2.40. The quantitative estimate of drug-likeness (QED) is 0.809. The number of sulfonamides is 1. The number of nitrogens with one attached hydrogen (secondary N) is 1. The lowest BCUT2D eigenvalue weighted by atomic mass is 10.2. The summed E-state index contributed by atoms with van der Waals surface area (Å²) >= 11 is 3.32. The smallest absolute Gasteiger partial charge is 0.262 e. The van der Waals surface area contributed by atoms with Gasteiger partial charge in [-0.15, -0.1) is 0 Å². The molecule has 0 saturated heterocycles. The summed E-state index contributed by atoms with van der Waals surface area (Å²) in [6.07, 6.45) is 0. The second kappa shape index (κ2) is 5.95. The van der Waals surface area contributed by atoms with Crippen molar-refractivity contribution in [2.24, 2.45) is 0 Å². The van der Waals surface area contributed by atoms with Gasteiger partial charge in [0.05, 0.1) is 22.2 Å². The number of benzene rings is 2. The molecule has 0 aliphatic rings. The van der Waals surface area contributed by atoms with Crippen molar-refractivity contribution < 1.29 is 13.2 Å². The Morgan fingerprint density at radius 3 is 2.52 bits per heavy atom. The van der Waals surface area contributed by atoms with Gasteiger partial charge in [0.2, 0.25) is 0 Å². The van der Waals surface area contributed by atoms with Gasteiger partial charge in [0.25, 0.3) is 10.0 Å². The zero-order valence-corrected chi connectivity index (χ0v) is 14.0. The van der Waals surface area contributed by atoms with Crippen LogP contribution in [-0.4, -0.2) is 15.5 Å². The number of hydrogen-bond donors (Lipinski definition) is 2. The van der Waals surface area contributed by atoms with Crippen LogP contribution in [0.4, 0.5) is 11.4 Å². The molecule has 0 spiro atoms. The molecule has 7 heteroatoms. The van der Waals surface area contributed by atoms with Crippen LogP contribution >= 0.6 is 15.9 Å². The van der Waals surface area contributed by atoms with Gasteiger partial charge in [-0.25, -0.2) is 8.42 Å². The maximum atomic E-state index is 12.4. The highest BCUT2D eigenvalue weighted by atomic mass is 79.9. The predicted octanol–water partition coefficient (Wildman–Crippen LogP) is 3.15. The molecule has 0 heterocycles. The molecule has 0 radical (unpaired) electrons. The van der Waals surface area contributed by atoms with Crippen LogP contribution in [0, 0.1) is 6.92 Å². The molecule has 5 nitrogen and oxygen atoms in total. The van der Waals surface area contributed by atoms with Gasteiger partial charge in [0, 0.05) is 11.8 Å². The van der Waals surface area contributed by atoms with Gasteiger partial charge >= 0.3 is 0 Å². The molecule has 2 aromatic rings. The lowest BCUT2D eigenvalue weighted by Gasteiger charge is -2.12. The van der Waals surface area contributed by atoms with Crippen LogP contribution in [0.3, 0.4) is 0 Å². The van der Waals surface area contributed by atoms with Gasteiger partial charge < -0.3 is 10.5 Å². The fourth-order valence-corrected chi connectivity index (χ4v) is 3.59. The highest BCUT2D eigenvalue weighted by molar-refractivity contribution is 9.10. The first-order valence-electron chi connectivity index (χ1n) is 6.06. The van der Waals surface area contributed by atoms with Gasteiger partial charge in [0.1, 0.15) is 5.75 Å². The van der Waals surface area contributed by atoms with E-state index in [1.54, 1.807) is 37.3 Å². The lowest BCUT2D eigenvalue weighted by Crippen LogP contribution is -2.14. The van der Waals surface area contributed by atoms with Crippen molar-refractivity contribution >= 4 is 37.3 Å². The van der Waals surface area contributed by atoms with Crippen LogP contribution in [0.25, 0.3) is 0 Å². The molecule has 0 bridgehead atoms. The highest BCUT2D eigenvalue weighted by Crippen LogP contribution is 2.29. The van der Waals surface area contributed by atoms with Crippen molar-refractivity contribution in [3.63, 3.8) is 0 Å². The Morgan fingerprint density at radius 2 is 1.90 bits per heavy atom. The van der Waals surface area contributed by atoms with E-state index in [4.69, 9.17) is 10.5 Å². The van der Waals surface area contributed by atoms with E-state index in [1.165, 1.54) is 13.2 Å². The minimum Gasteiger partial charge on any atom is -0.495 e. The van der Waals surface area contributed by atoms with Gasteiger partial charge in [-0.05, 0) is 58.7 Å². The number of aryl methyl sites for hydroxylation is 1. The van der Waals surface area contributed by atoms with Crippen molar-refractivity contribution in [3.8, 4) is 5.75 Å². The zero-order valence-electron chi connectivity index (χ0n) is 11.6. The van der Waals surface area contributed by atoms with Gasteiger partial charge in [0.15, 0.2) is 0 Å². The number of nitrogens with two attached hydrogens (primary N) is 1. The van der Waals surface area contributed by atoms with Crippen LogP contribution < -0.4 is 15.2 Å². The van der Waals surface area contributed by atoms with E-state index >= 15 is 0 Å². The highest BCUT2D eigenvalue weighted by Gasteiger charge is 2.17. The summed E-state index contributed by atoms with van der Waals surface area (Å²) < 4.78 is 33.2. The first kappa shape index (κ1) is 15.7. The van der Waals surface area contributed by atoms with Crippen LogP contribution in [0.5, 0.6) is 5.75 Å². The predicted molar refractivity (Wildman–Crippen MR) is 87.1 cm³/mol. The summed E-state index contributed by atoms with van der Waals surface area (Å²) in [5, 5.41) is 0. The van der Waals surface area contributed by atoms with Crippen molar-refractivity contribution in [3.05, 3.63) is 46.4 Å². The van der Waals surface area contributed by atoms with E-state index in [9.17, 15) is 8.42 Å². The number of anilines is 2. The fraction of sp³-hybridized carbons (Fsp3) is 0.143. The summed E-state index contributed by atoms with van der Waals surface area (Å²) in [6.45, 7) is 1.70. The lowest BCUT2D eigenvalue weighted by molar-refractivity contribution is 0.412. The number of ether oxygens (including phenoxy) is 1. The van der Waals surface area contributed by atoms with E-state index in [0.29, 0.717) is 22.7 Å². The SMILES string of the molecule is COc1cc(NS(=O)(=O)c2ccc(N)cc2C)ccc1Br. The van der Waals surface area contributed by atoms with E-state index in [0.717, 1.165) is 4.47 Å². The topological polar surface area (TPSA) is 81.4 Å². The van der Waals surface area contributed by atoms with Crippen LogP contribution in [-0.2, 0) is 10.0 Å². The first-order chi connectivity index (χ1) is 9.83. The normalized spacial score (nSPS) is 11.2. The van der Waals surface area contributed by atoms with Crippen molar-refractivity contribution in [1.82, 2.24) is 0 Å². The molecule has 0 aliphatic heterocycles. The molecule has 21 heavy (non-hydrogen) atoms. The molecular formula is C14H15BrN2O3S. The van der Waals surface area contributed by atoms with Crippen LogP contribution in [0.15, 0.2) is 45.8 Å². The minimum atomic E-state index is -3.68. The van der Waals surface area contributed by atoms with Gasteiger partial charge in [-0.2, -0.15) is 0 Å². The standard InChI is InChI=1S/C14H15BrN2O3S/c1-9-7-10(16)3-6-14(9)21(18,19)17-11-4-5-12(15)13(8-11)20-2/h3-8,17H,16H2,1-2H3. The van der Waals surface area contributed by atoms with Crippen molar-refractivity contribution in [2.45, 2.75) is 11.8 Å². The first-order valence-corrected chi connectivity index (χ1v) is 8.33. The summed E-state index contributed by atoms with van der Waals surface area (Å²) in [7, 11) is -2.16. The maximum absolute atomic E-state index is 12.4. The largest absolute Gasteiger partial charge is 0.495 e. The Kier molecular flexibility index (Phi) is 4.43. The maximum Gasteiger partial charge on any atom is 0.262 e. The number of methoxy groups -OCH3 is 1. The van der Waals surface area contributed by atoms with Gasteiger partial charge in [-0.1, -0.05) is 0 Å². The third-order valence-electron chi connectivity index (χ3n) is 2.89. The van der Waals surface area contributed by atoms with Gasteiger partial charge in [-0.3, -0.25) is 4.72 Å². The van der Waals surface area contributed by atoms with E-state index in [-0.39, 0.29) is 4.90 Å². The van der Waals surface area contributed by atoms with Crippen molar-refractivity contribution in [2.75, 3.05) is 17.6 Å². The Labute approximate surface area is 132 Å². The molecule has 0 aromatic heterocycles. The molecule has 0 amide bonds. The third-order valence-corrected chi connectivity index (χ3v) is 5.09. The molecule has 0 atom stereocenters. The molecule has 2 rings (SSSR count). The molecule has 3 N–H and O–H groups in total. The molecule has 0 aliphatic carbocycles. The Morgan fingerprint density at radius 1 is 1.19 bits per heavy atom. The molecule has 0 saturated carbocycles. The summed E-state index contributed by atoms with van der Waals surface area (Å²) in [5.41, 5.74) is 7.18. The Hall–Kier alpha value is -1.73. The zero-order chi connectivity index (χ0) is 15.6. The number of halogens is 1. The van der Waals surface area contributed by atoms with Crippen LogP contribution in [0.1, 0.15) is 5.56 Å². The summed E-state index contributed by atoms with van der Waals surface area (Å²) in [6, 6.07) is 9.64. The molecule has 2 aromatic carbocycles. The second-order valence-electron chi connectivity index (χ2n) is 4.48. The molecule has 0 unspecified atom stereocenters. The number of nitrogen functional groups attached to an aromatic ring is 1. The Bertz CT molecular complexity index is 776.